The van der Waals surface area contributed by atoms with Crippen molar-refractivity contribution in [3.8, 4) is 17.0 Å². The summed E-state index contributed by atoms with van der Waals surface area (Å²) in [5.41, 5.74) is 2.92. The van der Waals surface area contributed by atoms with Crippen LogP contribution < -0.4 is 15.4 Å². The number of hydrogen-bond donors (Lipinski definition) is 3. The summed E-state index contributed by atoms with van der Waals surface area (Å²) in [6.07, 6.45) is 2.48. The van der Waals surface area contributed by atoms with Crippen LogP contribution >= 0.6 is 0 Å². The largest absolute Gasteiger partial charge is 0.488 e. The lowest BCUT2D eigenvalue weighted by atomic mass is 10.0. The second-order valence-corrected chi connectivity index (χ2v) is 7.47. The standard InChI is InChI=1S/C23H26N4O2/c1-4-12-23(2,3)29-17-9-7-8-16(13-17)20-14-21(27-22(24)25-15-28)18-10-5-6-11-19(18)26-20/h5-11,13-15H,4,12H2,1-3H3,(H3,24,25,26,27,28). The Kier molecular flexibility index (Phi) is 6.12. The van der Waals surface area contributed by atoms with Gasteiger partial charge >= 0.3 is 0 Å². The van der Waals surface area contributed by atoms with Crippen molar-refractivity contribution >= 4 is 29.0 Å². The third kappa shape index (κ3) is 5.10. The molecule has 0 aliphatic carbocycles. The summed E-state index contributed by atoms with van der Waals surface area (Å²) in [6, 6.07) is 17.4. The van der Waals surface area contributed by atoms with E-state index in [1.54, 1.807) is 0 Å². The monoisotopic (exact) mass is 390 g/mol. The van der Waals surface area contributed by atoms with E-state index in [4.69, 9.17) is 15.1 Å². The molecule has 150 valence electrons. The van der Waals surface area contributed by atoms with Gasteiger partial charge in [0.05, 0.1) is 16.9 Å². The van der Waals surface area contributed by atoms with Gasteiger partial charge in [-0.2, -0.15) is 0 Å². The van der Waals surface area contributed by atoms with Gasteiger partial charge in [-0.1, -0.05) is 43.7 Å². The first-order valence-corrected chi connectivity index (χ1v) is 9.67. The van der Waals surface area contributed by atoms with Crippen LogP contribution in [0.1, 0.15) is 33.6 Å². The van der Waals surface area contributed by atoms with Crippen LogP contribution in [-0.2, 0) is 4.79 Å². The van der Waals surface area contributed by atoms with Crippen molar-refractivity contribution in [1.82, 2.24) is 10.3 Å². The maximum absolute atomic E-state index is 10.6. The summed E-state index contributed by atoms with van der Waals surface area (Å²) in [7, 11) is 0. The third-order valence-corrected chi connectivity index (χ3v) is 4.56. The molecule has 0 fully saturated rings. The van der Waals surface area contributed by atoms with Crippen molar-refractivity contribution in [3.05, 3.63) is 54.6 Å². The predicted octanol–water partition coefficient (Wildman–Crippen LogP) is 4.95. The lowest BCUT2D eigenvalue weighted by molar-refractivity contribution is -0.108. The van der Waals surface area contributed by atoms with Gasteiger partial charge in [0.15, 0.2) is 5.96 Å². The number of anilines is 1. The molecule has 0 bridgehead atoms. The molecule has 0 atom stereocenters. The number of hydrogen-bond acceptors (Lipinski definition) is 4. The van der Waals surface area contributed by atoms with Crippen LogP contribution in [0.2, 0.25) is 0 Å². The van der Waals surface area contributed by atoms with E-state index in [2.05, 4.69) is 31.4 Å². The Balaban J connectivity index is 2.00. The molecule has 3 N–H and O–H groups in total. The van der Waals surface area contributed by atoms with Gasteiger partial charge in [0, 0.05) is 10.9 Å². The number of para-hydroxylation sites is 1. The third-order valence-electron chi connectivity index (χ3n) is 4.56. The molecule has 1 heterocycles. The fraction of sp³-hybridized carbons (Fsp3) is 0.261. The number of carbonyl (C=O) groups excluding carboxylic acids is 1. The number of guanidine groups is 1. The Labute approximate surface area is 170 Å². The van der Waals surface area contributed by atoms with Crippen molar-refractivity contribution < 1.29 is 9.53 Å². The number of nitrogens with zero attached hydrogens (tertiary/aromatic N) is 1. The number of amides is 1. The van der Waals surface area contributed by atoms with Crippen molar-refractivity contribution in [2.45, 2.75) is 39.2 Å². The number of nitrogens with one attached hydrogen (secondary N) is 3. The van der Waals surface area contributed by atoms with E-state index < -0.39 is 0 Å². The highest BCUT2D eigenvalue weighted by atomic mass is 16.5. The van der Waals surface area contributed by atoms with Gasteiger partial charge in [0.2, 0.25) is 6.41 Å². The quantitative estimate of drug-likeness (QED) is 0.302. The number of benzene rings is 2. The average Bonchev–Trinajstić information content (AvgIpc) is 2.68. The number of rotatable bonds is 7. The van der Waals surface area contributed by atoms with E-state index in [0.29, 0.717) is 12.1 Å². The molecule has 1 aromatic heterocycles. The zero-order valence-electron chi connectivity index (χ0n) is 17.0. The van der Waals surface area contributed by atoms with Crippen LogP contribution in [0.4, 0.5) is 5.69 Å². The Morgan fingerprint density at radius 2 is 1.97 bits per heavy atom. The van der Waals surface area contributed by atoms with Crippen molar-refractivity contribution in [1.29, 1.82) is 5.41 Å². The fourth-order valence-corrected chi connectivity index (χ4v) is 3.35. The second-order valence-electron chi connectivity index (χ2n) is 7.47. The van der Waals surface area contributed by atoms with Gasteiger partial charge < -0.3 is 10.1 Å². The Morgan fingerprint density at radius 1 is 1.17 bits per heavy atom. The summed E-state index contributed by atoms with van der Waals surface area (Å²) in [5, 5.41) is 14.0. The van der Waals surface area contributed by atoms with Gasteiger partial charge in [-0.05, 0) is 44.5 Å². The van der Waals surface area contributed by atoms with Gasteiger partial charge in [-0.25, -0.2) is 4.98 Å². The van der Waals surface area contributed by atoms with Gasteiger partial charge in [-0.15, -0.1) is 0 Å². The summed E-state index contributed by atoms with van der Waals surface area (Å²) in [5.74, 6) is 0.696. The molecule has 0 saturated heterocycles. The second kappa shape index (κ2) is 8.73. The average molecular weight is 390 g/mol. The predicted molar refractivity (Wildman–Crippen MR) is 117 cm³/mol. The van der Waals surface area contributed by atoms with E-state index in [1.807, 2.05) is 54.6 Å². The molecule has 0 aliphatic rings. The number of pyridine rings is 1. The van der Waals surface area contributed by atoms with Crippen molar-refractivity contribution in [2.24, 2.45) is 0 Å². The Bertz CT molecular complexity index is 1030. The normalized spacial score (nSPS) is 11.1. The SMILES string of the molecule is CCCC(C)(C)Oc1cccc(-c2cc(NC(=N)NC=O)c3ccccc3n2)c1. The van der Waals surface area contributed by atoms with Crippen molar-refractivity contribution in [3.63, 3.8) is 0 Å². The number of fused-ring (bicyclic) bond motifs is 1. The smallest absolute Gasteiger partial charge is 0.213 e. The van der Waals surface area contributed by atoms with E-state index >= 15 is 0 Å². The minimum absolute atomic E-state index is 0.0966. The van der Waals surface area contributed by atoms with Crippen LogP contribution in [0.15, 0.2) is 54.6 Å². The minimum Gasteiger partial charge on any atom is -0.488 e. The number of aromatic nitrogens is 1. The lowest BCUT2D eigenvalue weighted by Crippen LogP contribution is -2.28. The molecule has 0 spiro atoms. The zero-order valence-corrected chi connectivity index (χ0v) is 17.0. The molecule has 3 rings (SSSR count). The molecule has 6 nitrogen and oxygen atoms in total. The molecule has 2 aromatic carbocycles. The Hall–Kier alpha value is -3.41. The molecule has 0 aliphatic heterocycles. The summed E-state index contributed by atoms with van der Waals surface area (Å²) < 4.78 is 6.19. The minimum atomic E-state index is -0.244. The molecule has 3 aromatic rings. The topological polar surface area (TPSA) is 87.1 Å². The van der Waals surface area contributed by atoms with E-state index in [0.717, 1.165) is 40.8 Å². The first kappa shape index (κ1) is 20.3. The highest BCUT2D eigenvalue weighted by Gasteiger charge is 2.19. The Morgan fingerprint density at radius 3 is 2.72 bits per heavy atom. The van der Waals surface area contributed by atoms with Crippen LogP contribution in [0.5, 0.6) is 5.75 Å². The number of ether oxygens (including phenoxy) is 1. The zero-order chi connectivity index (χ0) is 20.9. The highest BCUT2D eigenvalue weighted by Crippen LogP contribution is 2.31. The van der Waals surface area contributed by atoms with Crippen LogP contribution in [0.3, 0.4) is 0 Å². The van der Waals surface area contributed by atoms with E-state index in [-0.39, 0.29) is 11.6 Å². The van der Waals surface area contributed by atoms with Crippen molar-refractivity contribution in [2.75, 3.05) is 5.32 Å². The van der Waals surface area contributed by atoms with E-state index in [1.165, 1.54) is 0 Å². The van der Waals surface area contributed by atoms with E-state index in [9.17, 15) is 4.79 Å². The first-order valence-electron chi connectivity index (χ1n) is 9.67. The summed E-state index contributed by atoms with van der Waals surface area (Å²) in [6.45, 7) is 6.32. The number of carbonyl (C=O) groups is 1. The highest BCUT2D eigenvalue weighted by molar-refractivity contribution is 6.04. The molecule has 0 unspecified atom stereocenters. The molecule has 0 saturated carbocycles. The van der Waals surface area contributed by atoms with Crippen LogP contribution in [0, 0.1) is 5.41 Å². The molecular weight excluding hydrogens is 364 g/mol. The molecule has 0 radical (unpaired) electrons. The van der Waals surface area contributed by atoms with Gasteiger partial charge in [0.1, 0.15) is 11.4 Å². The van der Waals surface area contributed by atoms with Gasteiger partial charge in [0.25, 0.3) is 0 Å². The summed E-state index contributed by atoms with van der Waals surface area (Å²) >= 11 is 0. The van der Waals surface area contributed by atoms with Crippen LogP contribution in [-0.4, -0.2) is 23.0 Å². The molecular formula is C23H26N4O2. The van der Waals surface area contributed by atoms with Crippen LogP contribution in [0.25, 0.3) is 22.2 Å². The lowest BCUT2D eigenvalue weighted by Gasteiger charge is -2.26. The maximum atomic E-state index is 10.6. The first-order chi connectivity index (χ1) is 13.9. The summed E-state index contributed by atoms with van der Waals surface area (Å²) in [4.78, 5) is 15.4. The molecule has 1 amide bonds. The maximum Gasteiger partial charge on any atom is 0.213 e. The van der Waals surface area contributed by atoms with Gasteiger partial charge in [-0.3, -0.25) is 15.5 Å². The molecule has 6 heteroatoms. The fourth-order valence-electron chi connectivity index (χ4n) is 3.35. The molecule has 29 heavy (non-hydrogen) atoms.